The van der Waals surface area contributed by atoms with Crippen molar-refractivity contribution >= 4 is 12.2 Å². The van der Waals surface area contributed by atoms with Crippen LogP contribution in [-0.4, -0.2) is 30.6 Å². The van der Waals surface area contributed by atoms with Crippen LogP contribution in [0.15, 0.2) is 16.5 Å². The highest BCUT2D eigenvalue weighted by atomic mass is 16.4. The van der Waals surface area contributed by atoms with Gasteiger partial charge in [0.2, 0.25) is 0 Å². The van der Waals surface area contributed by atoms with Gasteiger partial charge in [-0.25, -0.2) is 0 Å². The van der Waals surface area contributed by atoms with Gasteiger partial charge in [0.15, 0.2) is 17.9 Å². The number of anilines is 1. The fraction of sp³-hybridized carbons (Fsp3) is 0.583. The molecule has 16 heavy (non-hydrogen) atoms. The monoisotopic (exact) mass is 223 g/mol. The normalized spacial score (nSPS) is 19.8. The predicted molar refractivity (Wildman–Crippen MR) is 60.7 cm³/mol. The fourth-order valence-electron chi connectivity index (χ4n) is 2.18. The second kappa shape index (κ2) is 4.70. The minimum Gasteiger partial charge on any atom is -0.438 e. The highest BCUT2D eigenvalue weighted by Crippen LogP contribution is 2.26. The Labute approximate surface area is 94.9 Å². The zero-order valence-electron chi connectivity index (χ0n) is 9.43. The largest absolute Gasteiger partial charge is 0.438 e. The third-order valence-electron chi connectivity index (χ3n) is 3.26. The first-order chi connectivity index (χ1) is 7.70. The summed E-state index contributed by atoms with van der Waals surface area (Å²) in [6.07, 6.45) is 2.42. The zero-order chi connectivity index (χ0) is 11.5. The maximum absolute atomic E-state index is 10.5. The number of carbonyl (C=O) groups excluding carboxylic acids is 1. The molecule has 0 bridgehead atoms. The van der Waals surface area contributed by atoms with E-state index in [2.05, 4.69) is 4.90 Å². The molecule has 0 aromatic carbocycles. The van der Waals surface area contributed by atoms with Crippen LogP contribution in [0.5, 0.6) is 0 Å². The Bertz CT molecular complexity index is 351. The van der Waals surface area contributed by atoms with E-state index in [9.17, 15) is 9.90 Å². The Morgan fingerprint density at radius 3 is 2.69 bits per heavy atom. The summed E-state index contributed by atoms with van der Waals surface area (Å²) in [5.74, 6) is 1.51. The lowest BCUT2D eigenvalue weighted by Gasteiger charge is -2.32. The van der Waals surface area contributed by atoms with E-state index < -0.39 is 0 Å². The van der Waals surface area contributed by atoms with Gasteiger partial charge in [-0.05, 0) is 31.7 Å². The van der Waals surface area contributed by atoms with E-state index >= 15 is 0 Å². The van der Waals surface area contributed by atoms with E-state index in [-0.39, 0.29) is 6.10 Å². The molecule has 2 rings (SSSR count). The lowest BCUT2D eigenvalue weighted by atomic mass is 9.92. The Balaban J connectivity index is 1.96. The first-order valence-electron chi connectivity index (χ1n) is 5.68. The summed E-state index contributed by atoms with van der Waals surface area (Å²) in [6.45, 7) is 3.60. The molecule has 1 aromatic rings. The highest BCUT2D eigenvalue weighted by Gasteiger charge is 2.24. The molecule has 0 radical (unpaired) electrons. The first kappa shape index (κ1) is 11.2. The molecule has 88 valence electrons. The van der Waals surface area contributed by atoms with Crippen molar-refractivity contribution in [2.24, 2.45) is 5.92 Å². The van der Waals surface area contributed by atoms with Gasteiger partial charge in [0.1, 0.15) is 0 Å². The van der Waals surface area contributed by atoms with Gasteiger partial charge in [-0.1, -0.05) is 0 Å². The number of aldehydes is 1. The number of aliphatic hydroxyl groups excluding tert-OH is 1. The maximum atomic E-state index is 10.5. The second-order valence-electron chi connectivity index (χ2n) is 4.36. The van der Waals surface area contributed by atoms with E-state index in [4.69, 9.17) is 4.42 Å². The maximum Gasteiger partial charge on any atom is 0.196 e. The van der Waals surface area contributed by atoms with E-state index in [0.717, 1.165) is 31.8 Å². The van der Waals surface area contributed by atoms with Gasteiger partial charge in [0.25, 0.3) is 0 Å². The SMILES string of the molecule is CC(O)C1CCN(c2ccc(C=O)o2)CC1. The van der Waals surface area contributed by atoms with Crippen molar-refractivity contribution in [1.29, 1.82) is 0 Å². The minimum absolute atomic E-state index is 0.232. The summed E-state index contributed by atoms with van der Waals surface area (Å²) < 4.78 is 5.36. The molecule has 0 aliphatic carbocycles. The van der Waals surface area contributed by atoms with Crippen molar-refractivity contribution in [3.8, 4) is 0 Å². The first-order valence-corrected chi connectivity index (χ1v) is 5.68. The Morgan fingerprint density at radius 1 is 1.50 bits per heavy atom. The van der Waals surface area contributed by atoms with E-state index in [1.807, 2.05) is 13.0 Å². The Hall–Kier alpha value is -1.29. The van der Waals surface area contributed by atoms with Gasteiger partial charge in [0, 0.05) is 19.2 Å². The fourth-order valence-corrected chi connectivity index (χ4v) is 2.18. The molecule has 0 saturated carbocycles. The molecular formula is C12H17NO3. The van der Waals surface area contributed by atoms with Crippen molar-refractivity contribution in [3.63, 3.8) is 0 Å². The predicted octanol–water partition coefficient (Wildman–Crippen LogP) is 1.69. The van der Waals surface area contributed by atoms with Gasteiger partial charge in [0.05, 0.1) is 6.10 Å². The van der Waals surface area contributed by atoms with E-state index in [1.165, 1.54) is 0 Å². The van der Waals surface area contributed by atoms with Crippen molar-refractivity contribution in [2.45, 2.75) is 25.9 Å². The molecule has 1 aromatic heterocycles. The van der Waals surface area contributed by atoms with Crippen LogP contribution in [0.3, 0.4) is 0 Å². The van der Waals surface area contributed by atoms with Crippen LogP contribution in [0, 0.1) is 5.92 Å². The molecule has 4 nitrogen and oxygen atoms in total. The lowest BCUT2D eigenvalue weighted by molar-refractivity contribution is 0.108. The molecule has 0 amide bonds. The summed E-state index contributed by atoms with van der Waals surface area (Å²) in [5.41, 5.74) is 0. The average Bonchev–Trinajstić information content (AvgIpc) is 2.77. The molecule has 0 spiro atoms. The molecule has 1 atom stereocenters. The summed E-state index contributed by atoms with van der Waals surface area (Å²) in [5, 5.41) is 9.49. The number of aliphatic hydroxyl groups is 1. The molecule has 1 aliphatic rings. The van der Waals surface area contributed by atoms with Crippen LogP contribution >= 0.6 is 0 Å². The topological polar surface area (TPSA) is 53.7 Å². The second-order valence-corrected chi connectivity index (χ2v) is 4.36. The highest BCUT2D eigenvalue weighted by molar-refractivity contribution is 5.71. The number of hydrogen-bond acceptors (Lipinski definition) is 4. The van der Waals surface area contributed by atoms with E-state index in [1.54, 1.807) is 6.07 Å². The minimum atomic E-state index is -0.232. The van der Waals surface area contributed by atoms with Gasteiger partial charge in [-0.2, -0.15) is 0 Å². The number of rotatable bonds is 3. The van der Waals surface area contributed by atoms with Crippen LogP contribution < -0.4 is 4.90 Å². The lowest BCUT2D eigenvalue weighted by Crippen LogP contribution is -2.36. The molecule has 1 unspecified atom stereocenters. The molecule has 1 fully saturated rings. The summed E-state index contributed by atoms with van der Waals surface area (Å²) in [7, 11) is 0. The molecule has 4 heteroatoms. The Kier molecular flexibility index (Phi) is 3.29. The molecule has 1 aliphatic heterocycles. The van der Waals surface area contributed by atoms with Gasteiger partial charge >= 0.3 is 0 Å². The van der Waals surface area contributed by atoms with Crippen LogP contribution in [0.4, 0.5) is 5.88 Å². The van der Waals surface area contributed by atoms with Gasteiger partial charge in [-0.3, -0.25) is 4.79 Å². The Morgan fingerprint density at radius 2 is 2.19 bits per heavy atom. The van der Waals surface area contributed by atoms with Crippen LogP contribution in [-0.2, 0) is 0 Å². The van der Waals surface area contributed by atoms with Crippen LogP contribution in [0.25, 0.3) is 0 Å². The third-order valence-corrected chi connectivity index (χ3v) is 3.26. The van der Waals surface area contributed by atoms with E-state index in [0.29, 0.717) is 18.0 Å². The summed E-state index contributed by atoms with van der Waals surface area (Å²) in [6, 6.07) is 3.51. The number of piperidine rings is 1. The summed E-state index contributed by atoms with van der Waals surface area (Å²) >= 11 is 0. The van der Waals surface area contributed by atoms with Gasteiger partial charge < -0.3 is 14.4 Å². The van der Waals surface area contributed by atoms with Crippen molar-refractivity contribution in [1.82, 2.24) is 0 Å². The smallest absolute Gasteiger partial charge is 0.196 e. The van der Waals surface area contributed by atoms with Crippen molar-refractivity contribution in [3.05, 3.63) is 17.9 Å². The molecule has 1 saturated heterocycles. The number of carbonyl (C=O) groups is 1. The quantitative estimate of drug-likeness (QED) is 0.792. The van der Waals surface area contributed by atoms with Crippen molar-refractivity contribution in [2.75, 3.05) is 18.0 Å². The van der Waals surface area contributed by atoms with Crippen molar-refractivity contribution < 1.29 is 14.3 Å². The van der Waals surface area contributed by atoms with Crippen LogP contribution in [0.2, 0.25) is 0 Å². The number of hydrogen-bond donors (Lipinski definition) is 1. The number of nitrogens with zero attached hydrogens (tertiary/aromatic N) is 1. The van der Waals surface area contributed by atoms with Crippen LogP contribution in [0.1, 0.15) is 30.3 Å². The van der Waals surface area contributed by atoms with Gasteiger partial charge in [-0.15, -0.1) is 0 Å². The number of furan rings is 1. The molecule has 1 N–H and O–H groups in total. The molecular weight excluding hydrogens is 206 g/mol. The average molecular weight is 223 g/mol. The zero-order valence-corrected chi connectivity index (χ0v) is 9.43. The summed E-state index contributed by atoms with van der Waals surface area (Å²) in [4.78, 5) is 12.6. The standard InChI is InChI=1S/C12H17NO3/c1-9(15)10-4-6-13(7-5-10)12-3-2-11(8-14)16-12/h2-3,8-10,15H,4-7H2,1H3. The molecule has 2 heterocycles. The third kappa shape index (κ3) is 2.27.